The lowest BCUT2D eigenvalue weighted by Crippen LogP contribution is -2.40. The van der Waals surface area contributed by atoms with Gasteiger partial charge < -0.3 is 9.84 Å². The lowest BCUT2D eigenvalue weighted by atomic mass is 9.97. The summed E-state index contributed by atoms with van der Waals surface area (Å²) in [5, 5.41) is 7.23. The van der Waals surface area contributed by atoms with Crippen molar-refractivity contribution in [2.24, 2.45) is 5.92 Å². The number of nitrogens with one attached hydrogen (secondary N) is 1. The number of carbonyl (C=O) groups is 1. The molecule has 0 spiro atoms. The molecule has 2 aromatic carbocycles. The average molecular weight is 433 g/mol. The fourth-order valence-corrected chi connectivity index (χ4v) is 4.20. The van der Waals surface area contributed by atoms with Crippen molar-refractivity contribution in [1.82, 2.24) is 15.0 Å². The predicted molar refractivity (Wildman–Crippen MR) is 126 cm³/mol. The van der Waals surface area contributed by atoms with Crippen LogP contribution in [0, 0.1) is 12.8 Å². The highest BCUT2D eigenvalue weighted by atomic mass is 16.5. The van der Waals surface area contributed by atoms with E-state index in [1.807, 2.05) is 43.3 Å². The van der Waals surface area contributed by atoms with Gasteiger partial charge in [0.1, 0.15) is 0 Å². The number of piperidine rings is 1. The summed E-state index contributed by atoms with van der Waals surface area (Å²) in [6.45, 7) is 6.43. The number of amides is 1. The highest BCUT2D eigenvalue weighted by Crippen LogP contribution is 2.22. The average Bonchev–Trinajstić information content (AvgIpc) is 3.27. The fourth-order valence-electron chi connectivity index (χ4n) is 4.20. The molecule has 4 rings (SSSR count). The summed E-state index contributed by atoms with van der Waals surface area (Å²) >= 11 is 0. The molecule has 6 nitrogen and oxygen atoms in total. The number of rotatable bonds is 8. The lowest BCUT2D eigenvalue weighted by molar-refractivity contribution is -0.121. The van der Waals surface area contributed by atoms with Crippen LogP contribution in [0.2, 0.25) is 0 Å². The van der Waals surface area contributed by atoms with Crippen LogP contribution in [0.4, 0.5) is 5.69 Å². The Balaban J connectivity index is 1.32. The van der Waals surface area contributed by atoms with Crippen molar-refractivity contribution in [2.75, 3.05) is 18.4 Å². The molecule has 1 N–H and O–H groups in total. The zero-order valence-corrected chi connectivity index (χ0v) is 19.0. The van der Waals surface area contributed by atoms with Gasteiger partial charge in [0.05, 0.1) is 12.5 Å². The molecule has 0 aliphatic carbocycles. The van der Waals surface area contributed by atoms with Crippen molar-refractivity contribution in [1.29, 1.82) is 0 Å². The van der Waals surface area contributed by atoms with Gasteiger partial charge in [-0.1, -0.05) is 54.4 Å². The third-order valence-electron chi connectivity index (χ3n) is 6.02. The Kier molecular flexibility index (Phi) is 7.32. The Bertz CT molecular complexity index is 1030. The number of likely N-dealkylation sites (tertiary alicyclic amines) is 1. The Morgan fingerprint density at radius 1 is 1.22 bits per heavy atom. The first kappa shape index (κ1) is 22.2. The van der Waals surface area contributed by atoms with E-state index in [0.29, 0.717) is 24.8 Å². The first-order valence-electron chi connectivity index (χ1n) is 11.6. The number of hydrogen-bond acceptors (Lipinski definition) is 5. The van der Waals surface area contributed by atoms with E-state index in [4.69, 9.17) is 4.52 Å². The van der Waals surface area contributed by atoms with Gasteiger partial charge in [-0.25, -0.2) is 0 Å². The smallest absolute Gasteiger partial charge is 0.241 e. The highest BCUT2D eigenvalue weighted by Gasteiger charge is 2.27. The number of benzene rings is 2. The van der Waals surface area contributed by atoms with Gasteiger partial charge >= 0.3 is 0 Å². The van der Waals surface area contributed by atoms with Crippen LogP contribution in [0.25, 0.3) is 11.4 Å². The summed E-state index contributed by atoms with van der Waals surface area (Å²) in [6.07, 6.45) is 5.34. The van der Waals surface area contributed by atoms with E-state index in [1.165, 1.54) is 18.4 Å². The minimum atomic E-state index is -0.0392. The number of nitrogens with zero attached hydrogens (tertiary/aromatic N) is 3. The Hall–Kier alpha value is -2.99. The van der Waals surface area contributed by atoms with E-state index < -0.39 is 0 Å². The molecule has 1 saturated heterocycles. The highest BCUT2D eigenvalue weighted by molar-refractivity contribution is 5.92. The molecule has 0 saturated carbocycles. The molecule has 1 fully saturated rings. The molecule has 6 heteroatoms. The number of aryl methyl sites for hydroxylation is 2. The van der Waals surface area contributed by atoms with Crippen LogP contribution >= 0.6 is 0 Å². The second-order valence-electron chi connectivity index (χ2n) is 8.75. The van der Waals surface area contributed by atoms with Crippen LogP contribution in [-0.4, -0.2) is 34.0 Å². The number of unbranched alkanes of at least 4 members (excludes halogenated alkanes) is 1. The van der Waals surface area contributed by atoms with E-state index in [0.717, 1.165) is 42.6 Å². The number of anilines is 1. The third-order valence-corrected chi connectivity index (χ3v) is 6.02. The first-order chi connectivity index (χ1) is 15.6. The van der Waals surface area contributed by atoms with E-state index in [-0.39, 0.29) is 11.8 Å². The van der Waals surface area contributed by atoms with Crippen LogP contribution < -0.4 is 5.32 Å². The van der Waals surface area contributed by atoms with Crippen LogP contribution in [-0.2, 0) is 17.8 Å². The number of carbonyl (C=O) groups excluding carboxylic acids is 1. The van der Waals surface area contributed by atoms with E-state index in [1.54, 1.807) is 0 Å². The molecular weight excluding hydrogens is 400 g/mol. The molecule has 1 aliphatic rings. The molecule has 0 radical (unpaired) electrons. The molecule has 1 atom stereocenters. The van der Waals surface area contributed by atoms with Gasteiger partial charge in [0.2, 0.25) is 17.6 Å². The van der Waals surface area contributed by atoms with Gasteiger partial charge in [-0.2, -0.15) is 4.98 Å². The fraction of sp³-hybridized carbons (Fsp3) is 0.423. The largest absolute Gasteiger partial charge is 0.338 e. The molecule has 1 amide bonds. The summed E-state index contributed by atoms with van der Waals surface area (Å²) in [5.41, 5.74) is 4.30. The van der Waals surface area contributed by atoms with Crippen molar-refractivity contribution < 1.29 is 9.32 Å². The lowest BCUT2D eigenvalue weighted by Gasteiger charge is -2.30. The SMILES string of the molecule is CCCCc1ccc(NC(=O)C2CCCN(Cc3nc(-c4cccc(C)c4)no3)C2)cc1. The predicted octanol–water partition coefficient (Wildman–Crippen LogP) is 5.24. The molecule has 0 bridgehead atoms. The van der Waals surface area contributed by atoms with Crippen molar-refractivity contribution in [3.05, 3.63) is 65.5 Å². The summed E-state index contributed by atoms with van der Waals surface area (Å²) in [4.78, 5) is 19.6. The van der Waals surface area contributed by atoms with Gasteiger partial charge in [-0.3, -0.25) is 9.69 Å². The zero-order chi connectivity index (χ0) is 22.3. The number of aromatic nitrogens is 2. The monoisotopic (exact) mass is 432 g/mol. The summed E-state index contributed by atoms with van der Waals surface area (Å²) < 4.78 is 5.49. The van der Waals surface area contributed by atoms with Crippen molar-refractivity contribution >= 4 is 11.6 Å². The summed E-state index contributed by atoms with van der Waals surface area (Å²) in [6, 6.07) is 16.3. The van der Waals surface area contributed by atoms with Gasteiger partial charge in [0, 0.05) is 17.8 Å². The van der Waals surface area contributed by atoms with Gasteiger partial charge in [-0.15, -0.1) is 0 Å². The van der Waals surface area contributed by atoms with Crippen LogP contribution in [0.5, 0.6) is 0 Å². The maximum absolute atomic E-state index is 12.9. The maximum atomic E-state index is 12.9. The molecule has 1 unspecified atom stereocenters. The van der Waals surface area contributed by atoms with Crippen LogP contribution in [0.15, 0.2) is 53.1 Å². The minimum absolute atomic E-state index is 0.0392. The summed E-state index contributed by atoms with van der Waals surface area (Å²) in [7, 11) is 0. The number of hydrogen-bond donors (Lipinski definition) is 1. The van der Waals surface area contributed by atoms with Crippen molar-refractivity contribution in [3.8, 4) is 11.4 Å². The minimum Gasteiger partial charge on any atom is -0.338 e. The standard InChI is InChI=1S/C26H32N4O2/c1-3-4-8-20-11-13-23(14-12-20)27-26(31)22-10-6-15-30(17-22)18-24-28-25(29-32-24)21-9-5-7-19(2)16-21/h5,7,9,11-14,16,22H,3-4,6,8,10,15,17-18H2,1-2H3,(H,27,31). The topological polar surface area (TPSA) is 71.3 Å². The molecule has 3 aromatic rings. The Morgan fingerprint density at radius 3 is 2.84 bits per heavy atom. The van der Waals surface area contributed by atoms with E-state index >= 15 is 0 Å². The first-order valence-corrected chi connectivity index (χ1v) is 11.6. The Morgan fingerprint density at radius 2 is 2.06 bits per heavy atom. The normalized spacial score (nSPS) is 16.8. The second-order valence-corrected chi connectivity index (χ2v) is 8.75. The van der Waals surface area contributed by atoms with Crippen LogP contribution in [0.3, 0.4) is 0 Å². The summed E-state index contributed by atoms with van der Waals surface area (Å²) in [5.74, 6) is 1.24. The van der Waals surface area contributed by atoms with Gasteiger partial charge in [-0.05, 0) is 62.9 Å². The quantitative estimate of drug-likeness (QED) is 0.527. The zero-order valence-electron chi connectivity index (χ0n) is 19.0. The molecule has 168 valence electrons. The van der Waals surface area contributed by atoms with Crippen molar-refractivity contribution in [2.45, 2.75) is 52.5 Å². The van der Waals surface area contributed by atoms with Gasteiger partial charge in [0.25, 0.3) is 0 Å². The second kappa shape index (κ2) is 10.6. The molecular formula is C26H32N4O2. The Labute approximate surface area is 190 Å². The molecule has 1 aromatic heterocycles. The molecule has 32 heavy (non-hydrogen) atoms. The van der Waals surface area contributed by atoms with Gasteiger partial charge in [0.15, 0.2) is 0 Å². The van der Waals surface area contributed by atoms with Crippen LogP contribution in [0.1, 0.15) is 49.6 Å². The molecule has 2 heterocycles. The van der Waals surface area contributed by atoms with E-state index in [9.17, 15) is 4.79 Å². The molecule has 1 aliphatic heterocycles. The maximum Gasteiger partial charge on any atom is 0.241 e. The van der Waals surface area contributed by atoms with E-state index in [2.05, 4.69) is 39.4 Å². The van der Waals surface area contributed by atoms with Crippen molar-refractivity contribution in [3.63, 3.8) is 0 Å². The third kappa shape index (κ3) is 5.82.